The van der Waals surface area contributed by atoms with Gasteiger partial charge in [-0.1, -0.05) is 0 Å². The third-order valence-corrected chi connectivity index (χ3v) is 3.82. The second-order valence-corrected chi connectivity index (χ2v) is 5.35. The fourth-order valence-electron chi connectivity index (χ4n) is 1.91. The van der Waals surface area contributed by atoms with Crippen molar-refractivity contribution < 1.29 is 14.3 Å². The molecule has 18 heavy (non-hydrogen) atoms. The molecule has 1 aliphatic heterocycles. The topological polar surface area (TPSA) is 72.6 Å². The van der Waals surface area contributed by atoms with Gasteiger partial charge in [0.05, 0.1) is 19.6 Å². The van der Waals surface area contributed by atoms with Crippen LogP contribution in [0.2, 0.25) is 0 Å². The first-order valence-electron chi connectivity index (χ1n) is 5.74. The maximum atomic E-state index is 12.1. The van der Waals surface area contributed by atoms with Gasteiger partial charge in [0.2, 0.25) is 5.91 Å². The lowest BCUT2D eigenvalue weighted by Gasteiger charge is -2.38. The predicted molar refractivity (Wildman–Crippen MR) is 68.2 cm³/mol. The maximum absolute atomic E-state index is 12.1. The molecule has 0 saturated carbocycles. The number of primary amides is 1. The van der Waals surface area contributed by atoms with Crippen LogP contribution in [0.25, 0.3) is 0 Å². The molecular formula is C12H16N2O3S. The zero-order valence-electron chi connectivity index (χ0n) is 10.2. The van der Waals surface area contributed by atoms with Crippen LogP contribution in [-0.2, 0) is 20.7 Å². The molecule has 1 aromatic rings. The van der Waals surface area contributed by atoms with Crippen molar-refractivity contribution in [3.05, 3.63) is 22.4 Å². The minimum absolute atomic E-state index is 0.00387. The molecule has 2 rings (SSSR count). The van der Waals surface area contributed by atoms with Crippen LogP contribution in [0.4, 0.5) is 0 Å². The van der Waals surface area contributed by atoms with Crippen molar-refractivity contribution in [1.29, 1.82) is 0 Å². The summed E-state index contributed by atoms with van der Waals surface area (Å²) in [4.78, 5) is 25.1. The molecule has 1 atom stereocenters. The normalized spacial score (nSPS) is 23.9. The molecule has 6 heteroatoms. The Hall–Kier alpha value is -1.40. The number of ether oxygens (including phenoxy) is 1. The molecular weight excluding hydrogens is 252 g/mol. The van der Waals surface area contributed by atoms with Gasteiger partial charge < -0.3 is 15.4 Å². The average Bonchev–Trinajstić information content (AvgIpc) is 2.81. The fourth-order valence-corrected chi connectivity index (χ4v) is 2.58. The highest BCUT2D eigenvalue weighted by Gasteiger charge is 2.39. The van der Waals surface area contributed by atoms with Crippen LogP contribution in [0.3, 0.4) is 0 Å². The van der Waals surface area contributed by atoms with Crippen LogP contribution >= 0.6 is 11.3 Å². The molecule has 1 aromatic heterocycles. The first kappa shape index (κ1) is 13.0. The van der Waals surface area contributed by atoms with Crippen molar-refractivity contribution in [3.63, 3.8) is 0 Å². The van der Waals surface area contributed by atoms with E-state index in [1.54, 1.807) is 23.2 Å². The summed E-state index contributed by atoms with van der Waals surface area (Å²) in [6.45, 7) is 2.70. The standard InChI is InChI=1S/C12H16N2O3S/c1-12(11(13)16)8-14(3-4-17-12)10(15)6-9-2-5-18-7-9/h2,5,7H,3-4,6,8H2,1H3,(H2,13,16). The number of carbonyl (C=O) groups is 2. The van der Waals surface area contributed by atoms with Crippen LogP contribution in [0, 0.1) is 0 Å². The van der Waals surface area contributed by atoms with Crippen LogP contribution in [0.5, 0.6) is 0 Å². The van der Waals surface area contributed by atoms with E-state index in [1.807, 2.05) is 16.8 Å². The summed E-state index contributed by atoms with van der Waals surface area (Å²) < 4.78 is 5.38. The number of thiophene rings is 1. The van der Waals surface area contributed by atoms with Crippen molar-refractivity contribution in [2.45, 2.75) is 18.9 Å². The van der Waals surface area contributed by atoms with Gasteiger partial charge in [-0.25, -0.2) is 0 Å². The van der Waals surface area contributed by atoms with E-state index in [-0.39, 0.29) is 12.5 Å². The van der Waals surface area contributed by atoms with Crippen LogP contribution < -0.4 is 5.73 Å². The number of nitrogens with two attached hydrogens (primary N) is 1. The van der Waals surface area contributed by atoms with Gasteiger partial charge in [0, 0.05) is 6.54 Å². The Morgan fingerprint density at radius 3 is 3.00 bits per heavy atom. The molecule has 98 valence electrons. The number of rotatable bonds is 3. The van der Waals surface area contributed by atoms with E-state index in [0.717, 1.165) is 5.56 Å². The summed E-state index contributed by atoms with van der Waals surface area (Å²) in [5, 5.41) is 3.89. The monoisotopic (exact) mass is 268 g/mol. The highest BCUT2D eigenvalue weighted by atomic mass is 32.1. The quantitative estimate of drug-likeness (QED) is 0.862. The lowest BCUT2D eigenvalue weighted by molar-refractivity contribution is -0.160. The summed E-state index contributed by atoms with van der Waals surface area (Å²) >= 11 is 1.56. The van der Waals surface area contributed by atoms with E-state index in [0.29, 0.717) is 19.6 Å². The number of morpholine rings is 1. The first-order valence-corrected chi connectivity index (χ1v) is 6.68. The third kappa shape index (κ3) is 2.70. The molecule has 1 unspecified atom stereocenters. The summed E-state index contributed by atoms with van der Waals surface area (Å²) in [6.07, 6.45) is 0.359. The van der Waals surface area contributed by atoms with Gasteiger partial charge in [-0.2, -0.15) is 11.3 Å². The Morgan fingerprint density at radius 1 is 1.61 bits per heavy atom. The van der Waals surface area contributed by atoms with Crippen molar-refractivity contribution in [3.8, 4) is 0 Å². The van der Waals surface area contributed by atoms with Gasteiger partial charge in [0.25, 0.3) is 5.91 Å². The zero-order chi connectivity index (χ0) is 13.2. The minimum Gasteiger partial charge on any atom is -0.367 e. The highest BCUT2D eigenvalue weighted by Crippen LogP contribution is 2.18. The Kier molecular flexibility index (Phi) is 3.68. The molecule has 0 radical (unpaired) electrons. The molecule has 2 N–H and O–H groups in total. The molecule has 0 aromatic carbocycles. The zero-order valence-corrected chi connectivity index (χ0v) is 11.0. The molecule has 0 bridgehead atoms. The van der Waals surface area contributed by atoms with E-state index in [4.69, 9.17) is 10.5 Å². The van der Waals surface area contributed by atoms with E-state index in [9.17, 15) is 9.59 Å². The van der Waals surface area contributed by atoms with Gasteiger partial charge in [0.15, 0.2) is 5.60 Å². The van der Waals surface area contributed by atoms with Crippen LogP contribution in [-0.4, -0.2) is 42.0 Å². The second-order valence-electron chi connectivity index (χ2n) is 4.57. The van der Waals surface area contributed by atoms with Gasteiger partial charge in [-0.15, -0.1) is 0 Å². The maximum Gasteiger partial charge on any atom is 0.251 e. The van der Waals surface area contributed by atoms with Gasteiger partial charge in [-0.05, 0) is 29.3 Å². The third-order valence-electron chi connectivity index (χ3n) is 3.08. The predicted octanol–water partition coefficient (Wildman–Crippen LogP) is 0.393. The number of hydrogen-bond acceptors (Lipinski definition) is 4. The van der Waals surface area contributed by atoms with E-state index in [2.05, 4.69) is 0 Å². The van der Waals surface area contributed by atoms with E-state index >= 15 is 0 Å². The number of amides is 2. The SMILES string of the molecule is CC1(C(N)=O)CN(C(=O)Cc2ccsc2)CCO1. The Morgan fingerprint density at radius 2 is 2.39 bits per heavy atom. The molecule has 1 saturated heterocycles. The molecule has 2 heterocycles. The first-order chi connectivity index (χ1) is 8.51. The molecule has 0 spiro atoms. The number of carbonyl (C=O) groups excluding carboxylic acids is 2. The molecule has 1 fully saturated rings. The van der Waals surface area contributed by atoms with Gasteiger partial charge >= 0.3 is 0 Å². The van der Waals surface area contributed by atoms with Crippen LogP contribution in [0.15, 0.2) is 16.8 Å². The Labute approximate surface area is 110 Å². The van der Waals surface area contributed by atoms with Crippen molar-refractivity contribution in [1.82, 2.24) is 4.90 Å². The summed E-state index contributed by atoms with van der Waals surface area (Å²) in [6, 6.07) is 1.93. The summed E-state index contributed by atoms with van der Waals surface area (Å²) in [5.74, 6) is -0.528. The highest BCUT2D eigenvalue weighted by molar-refractivity contribution is 7.07. The van der Waals surface area contributed by atoms with E-state index < -0.39 is 11.5 Å². The molecule has 2 amide bonds. The summed E-state index contributed by atoms with van der Waals surface area (Å²) in [7, 11) is 0. The fraction of sp³-hybridized carbons (Fsp3) is 0.500. The van der Waals surface area contributed by atoms with Crippen molar-refractivity contribution in [2.24, 2.45) is 5.73 Å². The largest absolute Gasteiger partial charge is 0.367 e. The number of hydrogen-bond donors (Lipinski definition) is 1. The molecule has 1 aliphatic rings. The average molecular weight is 268 g/mol. The van der Waals surface area contributed by atoms with Gasteiger partial charge in [-0.3, -0.25) is 9.59 Å². The lowest BCUT2D eigenvalue weighted by atomic mass is 10.0. The van der Waals surface area contributed by atoms with Crippen molar-refractivity contribution in [2.75, 3.05) is 19.7 Å². The summed E-state index contributed by atoms with van der Waals surface area (Å²) in [5.41, 5.74) is 5.23. The Bertz CT molecular complexity index is 446. The molecule has 5 nitrogen and oxygen atoms in total. The molecule has 0 aliphatic carbocycles. The Balaban J connectivity index is 2.00. The van der Waals surface area contributed by atoms with E-state index in [1.165, 1.54) is 0 Å². The smallest absolute Gasteiger partial charge is 0.251 e. The lowest BCUT2D eigenvalue weighted by Crippen LogP contribution is -2.58. The second kappa shape index (κ2) is 5.07. The van der Waals surface area contributed by atoms with Gasteiger partial charge in [0.1, 0.15) is 0 Å². The van der Waals surface area contributed by atoms with Crippen LogP contribution in [0.1, 0.15) is 12.5 Å². The minimum atomic E-state index is -1.07. The number of nitrogens with zero attached hydrogens (tertiary/aromatic N) is 1. The van der Waals surface area contributed by atoms with Crippen molar-refractivity contribution >= 4 is 23.2 Å².